The minimum absolute atomic E-state index is 0.0211. The molecular formula is C14H12FN3O2S. The number of nitrogens with zero attached hydrogens (tertiary/aromatic N) is 3. The van der Waals surface area contributed by atoms with E-state index in [1.54, 1.807) is 36.4 Å². The number of nitriles is 1. The van der Waals surface area contributed by atoms with Crippen molar-refractivity contribution in [3.8, 4) is 6.07 Å². The van der Waals surface area contributed by atoms with E-state index in [1.165, 1.54) is 12.3 Å². The molecule has 0 spiro atoms. The third-order valence-electron chi connectivity index (χ3n) is 2.76. The minimum atomic E-state index is -4.17. The van der Waals surface area contributed by atoms with Crippen LogP contribution in [0.2, 0.25) is 0 Å². The van der Waals surface area contributed by atoms with Gasteiger partial charge in [-0.05, 0) is 17.7 Å². The van der Waals surface area contributed by atoms with Crippen molar-refractivity contribution < 1.29 is 12.8 Å². The number of pyridine rings is 1. The molecule has 0 aliphatic heterocycles. The third-order valence-corrected chi connectivity index (χ3v) is 4.48. The van der Waals surface area contributed by atoms with Crippen molar-refractivity contribution >= 4 is 10.0 Å². The van der Waals surface area contributed by atoms with Gasteiger partial charge in [-0.15, -0.1) is 0 Å². The molecule has 0 atom stereocenters. The molecule has 1 aromatic carbocycles. The van der Waals surface area contributed by atoms with Gasteiger partial charge in [0.05, 0.1) is 6.07 Å². The van der Waals surface area contributed by atoms with Crippen LogP contribution in [-0.2, 0) is 16.6 Å². The molecule has 0 aliphatic carbocycles. The molecule has 0 amide bonds. The van der Waals surface area contributed by atoms with Crippen molar-refractivity contribution in [1.82, 2.24) is 9.29 Å². The van der Waals surface area contributed by atoms with Crippen molar-refractivity contribution in [3.63, 3.8) is 0 Å². The van der Waals surface area contributed by atoms with Crippen molar-refractivity contribution in [2.45, 2.75) is 11.6 Å². The van der Waals surface area contributed by atoms with Crippen LogP contribution < -0.4 is 0 Å². The van der Waals surface area contributed by atoms with Crippen LogP contribution in [0.4, 0.5) is 4.39 Å². The van der Waals surface area contributed by atoms with E-state index in [0.29, 0.717) is 5.56 Å². The van der Waals surface area contributed by atoms with Crippen molar-refractivity contribution in [2.75, 3.05) is 6.54 Å². The average molecular weight is 305 g/mol. The molecule has 0 saturated heterocycles. The number of hydrogen-bond donors (Lipinski definition) is 0. The second-order valence-corrected chi connectivity index (χ2v) is 6.06. The lowest BCUT2D eigenvalue weighted by Crippen LogP contribution is -2.32. The predicted molar refractivity (Wildman–Crippen MR) is 73.8 cm³/mol. The summed E-state index contributed by atoms with van der Waals surface area (Å²) in [4.78, 5) is 3.58. The van der Waals surface area contributed by atoms with E-state index in [4.69, 9.17) is 5.26 Å². The Labute approximate surface area is 122 Å². The summed E-state index contributed by atoms with van der Waals surface area (Å²) in [5.74, 6) is -0.937. The highest BCUT2D eigenvalue weighted by molar-refractivity contribution is 7.89. The zero-order valence-corrected chi connectivity index (χ0v) is 11.8. The Morgan fingerprint density at radius 3 is 2.52 bits per heavy atom. The summed E-state index contributed by atoms with van der Waals surface area (Å²) in [7, 11) is -4.17. The lowest BCUT2D eigenvalue weighted by Gasteiger charge is -2.19. The van der Waals surface area contributed by atoms with Gasteiger partial charge < -0.3 is 0 Å². The van der Waals surface area contributed by atoms with Gasteiger partial charge in [0.2, 0.25) is 5.03 Å². The smallest absolute Gasteiger partial charge is 0.241 e. The molecule has 5 nitrogen and oxygen atoms in total. The normalized spacial score (nSPS) is 11.3. The van der Waals surface area contributed by atoms with Crippen LogP contribution in [0.1, 0.15) is 5.56 Å². The molecule has 2 aromatic rings. The summed E-state index contributed by atoms with van der Waals surface area (Å²) in [6.07, 6.45) is 1.20. The first-order valence-corrected chi connectivity index (χ1v) is 7.51. The molecule has 0 saturated carbocycles. The summed E-state index contributed by atoms with van der Waals surface area (Å²) in [6, 6.07) is 12.9. The van der Waals surface area contributed by atoms with Gasteiger partial charge in [0, 0.05) is 12.7 Å². The van der Waals surface area contributed by atoms with E-state index in [-0.39, 0.29) is 13.1 Å². The van der Waals surface area contributed by atoms with Gasteiger partial charge in [-0.1, -0.05) is 30.3 Å². The van der Waals surface area contributed by atoms with Crippen LogP contribution in [0.25, 0.3) is 0 Å². The predicted octanol–water partition coefficient (Wildman–Crippen LogP) is 1.94. The first-order chi connectivity index (χ1) is 10.1. The standard InChI is InChI=1S/C14H12FN3O2S/c15-13-7-4-9-17-14(13)21(19,20)18(10-8-16)11-12-5-2-1-3-6-12/h1-7,9H,10-11H2. The summed E-state index contributed by atoms with van der Waals surface area (Å²) >= 11 is 0. The van der Waals surface area contributed by atoms with Crippen LogP contribution in [0.5, 0.6) is 0 Å². The van der Waals surface area contributed by atoms with Crippen molar-refractivity contribution in [2.24, 2.45) is 0 Å². The number of rotatable bonds is 5. The highest BCUT2D eigenvalue weighted by Gasteiger charge is 2.28. The Morgan fingerprint density at radius 1 is 1.19 bits per heavy atom. The Hall–Kier alpha value is -2.30. The highest BCUT2D eigenvalue weighted by Crippen LogP contribution is 2.18. The SMILES string of the molecule is N#CCN(Cc1ccccc1)S(=O)(=O)c1ncccc1F. The summed E-state index contributed by atoms with van der Waals surface area (Å²) < 4.78 is 39.4. The van der Waals surface area contributed by atoms with Gasteiger partial charge in [0.25, 0.3) is 10.0 Å². The Morgan fingerprint density at radius 2 is 1.90 bits per heavy atom. The third kappa shape index (κ3) is 3.42. The van der Waals surface area contributed by atoms with E-state index >= 15 is 0 Å². The minimum Gasteiger partial charge on any atom is -0.241 e. The zero-order chi connectivity index (χ0) is 15.3. The van der Waals surface area contributed by atoms with Gasteiger partial charge in [0.1, 0.15) is 6.54 Å². The molecule has 7 heteroatoms. The van der Waals surface area contributed by atoms with Gasteiger partial charge in [-0.3, -0.25) is 0 Å². The van der Waals surface area contributed by atoms with E-state index in [0.717, 1.165) is 10.4 Å². The van der Waals surface area contributed by atoms with Crippen LogP contribution in [0.3, 0.4) is 0 Å². The molecule has 2 rings (SSSR count). The first kappa shape index (κ1) is 15.1. The molecule has 0 N–H and O–H groups in total. The first-order valence-electron chi connectivity index (χ1n) is 6.07. The number of sulfonamides is 1. The molecule has 1 aromatic heterocycles. The lowest BCUT2D eigenvalue weighted by molar-refractivity contribution is 0.432. The Kier molecular flexibility index (Phi) is 4.62. The van der Waals surface area contributed by atoms with Crippen molar-refractivity contribution in [3.05, 3.63) is 60.0 Å². The number of benzene rings is 1. The molecule has 108 valence electrons. The van der Waals surface area contributed by atoms with Crippen LogP contribution in [-0.4, -0.2) is 24.3 Å². The molecule has 0 unspecified atom stereocenters. The topological polar surface area (TPSA) is 74.1 Å². The highest BCUT2D eigenvalue weighted by atomic mass is 32.2. The molecular weight excluding hydrogens is 293 g/mol. The van der Waals surface area contributed by atoms with Crippen LogP contribution >= 0.6 is 0 Å². The Balaban J connectivity index is 2.38. The number of aromatic nitrogens is 1. The van der Waals surface area contributed by atoms with Crippen LogP contribution in [0.15, 0.2) is 53.7 Å². The van der Waals surface area contributed by atoms with Crippen molar-refractivity contribution in [1.29, 1.82) is 5.26 Å². The fraction of sp³-hybridized carbons (Fsp3) is 0.143. The van der Waals surface area contributed by atoms with E-state index in [1.807, 2.05) is 0 Å². The number of hydrogen-bond acceptors (Lipinski definition) is 4. The molecule has 0 radical (unpaired) electrons. The van der Waals surface area contributed by atoms with E-state index < -0.39 is 20.9 Å². The van der Waals surface area contributed by atoms with Gasteiger partial charge >= 0.3 is 0 Å². The largest absolute Gasteiger partial charge is 0.264 e. The quantitative estimate of drug-likeness (QED) is 0.791. The fourth-order valence-corrected chi connectivity index (χ4v) is 3.07. The Bertz CT molecular complexity index is 757. The van der Waals surface area contributed by atoms with E-state index in [2.05, 4.69) is 4.98 Å². The maximum absolute atomic E-state index is 13.7. The summed E-state index contributed by atoms with van der Waals surface area (Å²) in [5.41, 5.74) is 0.702. The van der Waals surface area contributed by atoms with Gasteiger partial charge in [-0.2, -0.15) is 9.57 Å². The number of halogens is 1. The van der Waals surface area contributed by atoms with Gasteiger partial charge in [0.15, 0.2) is 5.82 Å². The molecule has 1 heterocycles. The lowest BCUT2D eigenvalue weighted by atomic mass is 10.2. The van der Waals surface area contributed by atoms with Crippen LogP contribution in [0, 0.1) is 17.1 Å². The maximum Gasteiger partial charge on any atom is 0.264 e. The van der Waals surface area contributed by atoms with E-state index in [9.17, 15) is 12.8 Å². The fourth-order valence-electron chi connectivity index (χ4n) is 1.78. The second-order valence-electron chi connectivity index (χ2n) is 4.21. The molecule has 0 bridgehead atoms. The maximum atomic E-state index is 13.7. The summed E-state index contributed by atoms with van der Waals surface area (Å²) in [5, 5.41) is 8.15. The van der Waals surface area contributed by atoms with Gasteiger partial charge in [-0.25, -0.2) is 17.8 Å². The molecule has 21 heavy (non-hydrogen) atoms. The zero-order valence-electron chi connectivity index (χ0n) is 11.0. The second kappa shape index (κ2) is 6.43. The average Bonchev–Trinajstić information content (AvgIpc) is 2.48. The summed E-state index contributed by atoms with van der Waals surface area (Å²) in [6.45, 7) is -0.403. The monoisotopic (exact) mass is 305 g/mol. The molecule has 0 aliphatic rings. The molecule has 0 fully saturated rings.